The Kier molecular flexibility index (Phi) is 3.38. The lowest BCUT2D eigenvalue weighted by Crippen LogP contribution is -2.20. The number of hydrogen-bond acceptors (Lipinski definition) is 3. The molecule has 0 bridgehead atoms. The minimum atomic E-state index is -1.11. The third-order valence-corrected chi connectivity index (χ3v) is 0.470. The van der Waals surface area contributed by atoms with Gasteiger partial charge in [-0.2, -0.15) is 0 Å². The van der Waals surface area contributed by atoms with Gasteiger partial charge in [-0.3, -0.25) is 4.79 Å². The average molecular weight is 133 g/mol. The van der Waals surface area contributed by atoms with Crippen LogP contribution in [-0.2, 0) is 14.3 Å². The Bertz CT molecular complexity index is 108. The molecule has 0 radical (unpaired) electrons. The van der Waals surface area contributed by atoms with E-state index in [1.54, 1.807) is 0 Å². The van der Waals surface area contributed by atoms with Crippen LogP contribution >= 0.6 is 0 Å². The van der Waals surface area contributed by atoms with Crippen molar-refractivity contribution in [2.45, 2.75) is 0 Å². The van der Waals surface area contributed by atoms with Crippen LogP contribution in [-0.4, -0.2) is 30.2 Å². The predicted octanol–water partition coefficient (Wildman–Crippen LogP) is -1.43. The van der Waals surface area contributed by atoms with Crippen molar-refractivity contribution in [2.24, 2.45) is 5.73 Å². The van der Waals surface area contributed by atoms with E-state index in [9.17, 15) is 9.59 Å². The van der Waals surface area contributed by atoms with Crippen LogP contribution < -0.4 is 5.73 Å². The SMILES string of the molecule is NC(=O)COCC(=O)O. The van der Waals surface area contributed by atoms with Crippen LogP contribution in [0.15, 0.2) is 0 Å². The Balaban J connectivity index is 3.10. The molecule has 0 fully saturated rings. The highest BCUT2D eigenvalue weighted by molar-refractivity contribution is 5.75. The van der Waals surface area contributed by atoms with E-state index in [1.165, 1.54) is 0 Å². The van der Waals surface area contributed by atoms with E-state index in [0.29, 0.717) is 0 Å². The zero-order valence-corrected chi connectivity index (χ0v) is 4.66. The largest absolute Gasteiger partial charge is 0.480 e. The van der Waals surface area contributed by atoms with Gasteiger partial charge in [0.2, 0.25) is 5.91 Å². The first-order chi connectivity index (χ1) is 4.13. The molecule has 5 nitrogen and oxygen atoms in total. The third kappa shape index (κ3) is 6.90. The van der Waals surface area contributed by atoms with E-state index >= 15 is 0 Å². The maximum absolute atomic E-state index is 9.89. The van der Waals surface area contributed by atoms with Gasteiger partial charge in [-0.1, -0.05) is 0 Å². The molecule has 0 spiro atoms. The molecule has 0 unspecified atom stereocenters. The van der Waals surface area contributed by atoms with E-state index in [1.807, 2.05) is 0 Å². The number of carbonyl (C=O) groups is 2. The van der Waals surface area contributed by atoms with Crippen LogP contribution in [0.3, 0.4) is 0 Å². The number of ether oxygens (including phenoxy) is 1. The second-order valence-corrected chi connectivity index (χ2v) is 1.35. The molecule has 3 N–H and O–H groups in total. The second kappa shape index (κ2) is 3.85. The summed E-state index contributed by atoms with van der Waals surface area (Å²) in [5, 5.41) is 7.95. The van der Waals surface area contributed by atoms with Gasteiger partial charge >= 0.3 is 5.97 Å². The summed E-state index contributed by atoms with van der Waals surface area (Å²) in [4.78, 5) is 19.6. The van der Waals surface area contributed by atoms with Gasteiger partial charge in [0, 0.05) is 0 Å². The van der Waals surface area contributed by atoms with Gasteiger partial charge in [0.1, 0.15) is 13.2 Å². The smallest absolute Gasteiger partial charge is 0.329 e. The highest BCUT2D eigenvalue weighted by Gasteiger charge is 1.97. The number of hydrogen-bond donors (Lipinski definition) is 2. The molecule has 0 saturated carbocycles. The normalized spacial score (nSPS) is 8.89. The zero-order chi connectivity index (χ0) is 7.28. The molecule has 0 aliphatic heterocycles. The average Bonchev–Trinajstić information content (AvgIpc) is 1.63. The van der Waals surface area contributed by atoms with E-state index in [0.717, 1.165) is 0 Å². The molecule has 0 rings (SSSR count). The summed E-state index contributed by atoms with van der Waals surface area (Å²) in [7, 11) is 0. The van der Waals surface area contributed by atoms with Crippen LogP contribution in [0.25, 0.3) is 0 Å². The summed E-state index contributed by atoms with van der Waals surface area (Å²) in [6, 6.07) is 0. The molecule has 1 amide bonds. The van der Waals surface area contributed by atoms with Crippen LogP contribution in [0.4, 0.5) is 0 Å². The van der Waals surface area contributed by atoms with Gasteiger partial charge in [0.15, 0.2) is 0 Å². The summed E-state index contributed by atoms with van der Waals surface area (Å²) in [6.07, 6.45) is 0. The van der Waals surface area contributed by atoms with Crippen molar-refractivity contribution in [3.8, 4) is 0 Å². The second-order valence-electron chi connectivity index (χ2n) is 1.35. The Morgan fingerprint density at radius 1 is 1.44 bits per heavy atom. The Hall–Kier alpha value is -1.10. The summed E-state index contributed by atoms with van der Waals surface area (Å²) in [5.41, 5.74) is 4.62. The minimum Gasteiger partial charge on any atom is -0.480 e. The molecule has 0 atom stereocenters. The molecule has 0 aliphatic carbocycles. The first-order valence-electron chi connectivity index (χ1n) is 2.20. The maximum Gasteiger partial charge on any atom is 0.329 e. The van der Waals surface area contributed by atoms with Crippen molar-refractivity contribution in [2.75, 3.05) is 13.2 Å². The summed E-state index contributed by atoms with van der Waals surface area (Å²) >= 11 is 0. The van der Waals surface area contributed by atoms with Crippen molar-refractivity contribution >= 4 is 11.9 Å². The number of amides is 1. The Morgan fingerprint density at radius 3 is 2.33 bits per heavy atom. The van der Waals surface area contributed by atoms with Crippen LogP contribution in [0.1, 0.15) is 0 Å². The summed E-state index contributed by atoms with van der Waals surface area (Å²) in [5.74, 6) is -1.78. The van der Waals surface area contributed by atoms with Crippen molar-refractivity contribution in [3.63, 3.8) is 0 Å². The molecule has 0 aromatic rings. The Labute approximate surface area is 51.4 Å². The number of aliphatic carboxylic acids is 1. The van der Waals surface area contributed by atoms with Crippen LogP contribution in [0.5, 0.6) is 0 Å². The van der Waals surface area contributed by atoms with Gasteiger partial charge in [0.25, 0.3) is 0 Å². The molecule has 9 heavy (non-hydrogen) atoms. The van der Waals surface area contributed by atoms with Gasteiger partial charge in [-0.15, -0.1) is 0 Å². The van der Waals surface area contributed by atoms with Crippen LogP contribution in [0.2, 0.25) is 0 Å². The van der Waals surface area contributed by atoms with Crippen molar-refractivity contribution in [3.05, 3.63) is 0 Å². The molecule has 52 valence electrons. The van der Waals surface area contributed by atoms with Gasteiger partial charge in [0.05, 0.1) is 0 Å². The molecule has 0 aromatic heterocycles. The number of rotatable bonds is 4. The van der Waals surface area contributed by atoms with E-state index < -0.39 is 18.5 Å². The van der Waals surface area contributed by atoms with E-state index in [4.69, 9.17) is 5.11 Å². The predicted molar refractivity (Wildman–Crippen MR) is 27.6 cm³/mol. The molecule has 0 aliphatic rings. The number of primary amides is 1. The Morgan fingerprint density at radius 2 is 2.00 bits per heavy atom. The van der Waals surface area contributed by atoms with Gasteiger partial charge < -0.3 is 15.6 Å². The quantitative estimate of drug-likeness (QED) is 0.492. The highest BCUT2D eigenvalue weighted by Crippen LogP contribution is 1.71. The third-order valence-electron chi connectivity index (χ3n) is 0.470. The fourth-order valence-electron chi connectivity index (χ4n) is 0.239. The monoisotopic (exact) mass is 133 g/mol. The minimum absolute atomic E-state index is 0.341. The first-order valence-corrected chi connectivity index (χ1v) is 2.20. The molecule has 0 heterocycles. The van der Waals surface area contributed by atoms with E-state index in [-0.39, 0.29) is 6.61 Å². The number of carboxylic acids is 1. The topological polar surface area (TPSA) is 89.6 Å². The summed E-state index contributed by atoms with van der Waals surface area (Å²) in [6.45, 7) is -0.824. The zero-order valence-electron chi connectivity index (χ0n) is 4.66. The molecule has 5 heteroatoms. The molecular formula is C4H7NO4. The summed E-state index contributed by atoms with van der Waals surface area (Å²) < 4.78 is 4.28. The van der Waals surface area contributed by atoms with Gasteiger partial charge in [-0.05, 0) is 0 Å². The fraction of sp³-hybridized carbons (Fsp3) is 0.500. The number of carbonyl (C=O) groups excluding carboxylic acids is 1. The highest BCUT2D eigenvalue weighted by atomic mass is 16.5. The molecule has 0 saturated heterocycles. The first kappa shape index (κ1) is 7.90. The fourth-order valence-corrected chi connectivity index (χ4v) is 0.239. The van der Waals surface area contributed by atoms with Gasteiger partial charge in [-0.25, -0.2) is 4.79 Å². The number of carboxylic acid groups (broad SMARTS) is 1. The standard InChI is InChI=1S/C4H7NO4/c5-3(6)1-9-2-4(7)8/h1-2H2,(H2,5,6)(H,7,8). The lowest BCUT2D eigenvalue weighted by Gasteiger charge is -1.93. The van der Waals surface area contributed by atoms with Crippen molar-refractivity contribution in [1.82, 2.24) is 0 Å². The van der Waals surface area contributed by atoms with Crippen molar-refractivity contribution in [1.29, 1.82) is 0 Å². The van der Waals surface area contributed by atoms with E-state index in [2.05, 4.69) is 10.5 Å². The lowest BCUT2D eigenvalue weighted by atomic mass is 10.7. The molecule has 0 aromatic carbocycles. The maximum atomic E-state index is 9.89. The van der Waals surface area contributed by atoms with Crippen LogP contribution in [0, 0.1) is 0 Å². The van der Waals surface area contributed by atoms with Crippen molar-refractivity contribution < 1.29 is 19.4 Å². The number of nitrogens with two attached hydrogens (primary N) is 1. The lowest BCUT2D eigenvalue weighted by molar-refractivity contribution is -0.143. The molecular weight excluding hydrogens is 126 g/mol.